The third-order valence-electron chi connectivity index (χ3n) is 2.01. The summed E-state index contributed by atoms with van der Waals surface area (Å²) in [6, 6.07) is 4.67. The molecule has 1 aromatic heterocycles. The number of carboxylic acids is 1. The van der Waals surface area contributed by atoms with Crippen LogP contribution in [0.4, 0.5) is 0 Å². The topological polar surface area (TPSA) is 55.1 Å². The predicted molar refractivity (Wildman–Crippen MR) is 52.7 cm³/mol. The lowest BCUT2D eigenvalue weighted by Crippen LogP contribution is -1.94. The highest BCUT2D eigenvalue weighted by Gasteiger charge is 2.09. The van der Waals surface area contributed by atoms with Gasteiger partial charge in [0, 0.05) is 12.4 Å². The van der Waals surface area contributed by atoms with E-state index < -0.39 is 5.97 Å². The van der Waals surface area contributed by atoms with Gasteiger partial charge in [0.05, 0.1) is 11.1 Å². The predicted octanol–water partition coefficient (Wildman–Crippen LogP) is 1.92. The minimum absolute atomic E-state index is 0.215. The molecular formula is C9H7ClN2O2. The Labute approximate surface area is 84.7 Å². The second-order valence-electron chi connectivity index (χ2n) is 2.95. The summed E-state index contributed by atoms with van der Waals surface area (Å²) >= 11 is 5.93. The molecule has 0 amide bonds. The van der Waals surface area contributed by atoms with Crippen LogP contribution in [-0.4, -0.2) is 20.9 Å². The maximum absolute atomic E-state index is 10.7. The number of aryl methyl sites for hydroxylation is 1. The molecule has 1 heterocycles. The number of rotatable bonds is 1. The number of aromatic nitrogens is 2. The van der Waals surface area contributed by atoms with Gasteiger partial charge in [-0.2, -0.15) is 5.10 Å². The molecule has 5 heteroatoms. The van der Waals surface area contributed by atoms with E-state index in [0.717, 1.165) is 0 Å². The number of hydrogen-bond donors (Lipinski definition) is 1. The van der Waals surface area contributed by atoms with Gasteiger partial charge in [0.15, 0.2) is 0 Å². The van der Waals surface area contributed by atoms with Crippen LogP contribution in [0.2, 0.25) is 5.15 Å². The zero-order valence-electron chi connectivity index (χ0n) is 7.36. The van der Waals surface area contributed by atoms with Crippen molar-refractivity contribution in [3.05, 3.63) is 28.9 Å². The van der Waals surface area contributed by atoms with E-state index in [1.54, 1.807) is 13.1 Å². The van der Waals surface area contributed by atoms with Gasteiger partial charge in [-0.25, -0.2) is 4.79 Å². The van der Waals surface area contributed by atoms with E-state index in [1.165, 1.54) is 16.8 Å². The molecule has 1 aromatic carbocycles. The van der Waals surface area contributed by atoms with Gasteiger partial charge >= 0.3 is 5.97 Å². The molecule has 0 aliphatic carbocycles. The van der Waals surface area contributed by atoms with E-state index in [0.29, 0.717) is 16.1 Å². The zero-order valence-corrected chi connectivity index (χ0v) is 8.12. The molecule has 14 heavy (non-hydrogen) atoms. The molecular weight excluding hydrogens is 204 g/mol. The maximum Gasteiger partial charge on any atom is 0.335 e. The fourth-order valence-corrected chi connectivity index (χ4v) is 1.49. The van der Waals surface area contributed by atoms with Crippen LogP contribution in [0, 0.1) is 0 Å². The Balaban J connectivity index is 2.76. The molecule has 0 aliphatic heterocycles. The Hall–Kier alpha value is -1.55. The molecule has 0 unspecified atom stereocenters. The number of aromatic carboxylic acids is 1. The molecule has 0 bridgehead atoms. The Morgan fingerprint density at radius 2 is 2.29 bits per heavy atom. The van der Waals surface area contributed by atoms with Crippen molar-refractivity contribution in [3.8, 4) is 0 Å². The largest absolute Gasteiger partial charge is 0.478 e. The second kappa shape index (κ2) is 2.99. The van der Waals surface area contributed by atoms with E-state index >= 15 is 0 Å². The van der Waals surface area contributed by atoms with Crippen LogP contribution in [0.3, 0.4) is 0 Å². The Morgan fingerprint density at radius 3 is 2.93 bits per heavy atom. The van der Waals surface area contributed by atoms with Crippen LogP contribution in [0.15, 0.2) is 18.2 Å². The van der Waals surface area contributed by atoms with Crippen molar-refractivity contribution in [2.45, 2.75) is 0 Å². The smallest absolute Gasteiger partial charge is 0.335 e. The van der Waals surface area contributed by atoms with Crippen molar-refractivity contribution in [2.75, 3.05) is 0 Å². The molecule has 0 aliphatic rings. The summed E-state index contributed by atoms with van der Waals surface area (Å²) in [5, 5.41) is 14.0. The van der Waals surface area contributed by atoms with Crippen LogP contribution in [0.1, 0.15) is 10.4 Å². The number of carboxylic acid groups (broad SMARTS) is 1. The Bertz CT molecular complexity index is 519. The molecule has 4 nitrogen and oxygen atoms in total. The van der Waals surface area contributed by atoms with E-state index in [2.05, 4.69) is 5.10 Å². The van der Waals surface area contributed by atoms with Crippen molar-refractivity contribution >= 4 is 28.5 Å². The summed E-state index contributed by atoms with van der Waals surface area (Å²) in [5.74, 6) is -0.966. The maximum atomic E-state index is 10.7. The van der Waals surface area contributed by atoms with Crippen molar-refractivity contribution in [1.29, 1.82) is 0 Å². The number of benzene rings is 1. The fraction of sp³-hybridized carbons (Fsp3) is 0.111. The van der Waals surface area contributed by atoms with Crippen LogP contribution >= 0.6 is 11.6 Å². The minimum Gasteiger partial charge on any atom is -0.478 e. The van der Waals surface area contributed by atoms with Gasteiger partial charge in [0.2, 0.25) is 0 Å². The van der Waals surface area contributed by atoms with Gasteiger partial charge in [0.25, 0.3) is 0 Å². The molecule has 0 radical (unpaired) electrons. The van der Waals surface area contributed by atoms with Crippen LogP contribution < -0.4 is 0 Å². The summed E-state index contributed by atoms with van der Waals surface area (Å²) in [6.07, 6.45) is 0. The zero-order chi connectivity index (χ0) is 10.3. The summed E-state index contributed by atoms with van der Waals surface area (Å²) in [5.41, 5.74) is 0.912. The van der Waals surface area contributed by atoms with Crippen LogP contribution in [0.5, 0.6) is 0 Å². The van der Waals surface area contributed by atoms with E-state index in [4.69, 9.17) is 16.7 Å². The quantitative estimate of drug-likeness (QED) is 0.783. The molecule has 72 valence electrons. The molecule has 0 fully saturated rings. The molecule has 0 saturated carbocycles. The summed E-state index contributed by atoms with van der Waals surface area (Å²) in [6.45, 7) is 0. The first kappa shape index (κ1) is 9.02. The second-order valence-corrected chi connectivity index (χ2v) is 3.31. The van der Waals surface area contributed by atoms with Crippen molar-refractivity contribution in [1.82, 2.24) is 9.78 Å². The average molecular weight is 211 g/mol. The van der Waals surface area contributed by atoms with Gasteiger partial charge in [-0.15, -0.1) is 0 Å². The highest BCUT2D eigenvalue weighted by molar-refractivity contribution is 6.34. The van der Waals surface area contributed by atoms with Gasteiger partial charge in [0.1, 0.15) is 5.15 Å². The monoisotopic (exact) mass is 210 g/mol. The normalized spacial score (nSPS) is 10.7. The van der Waals surface area contributed by atoms with Gasteiger partial charge in [-0.05, 0) is 18.2 Å². The van der Waals surface area contributed by atoms with Crippen LogP contribution in [-0.2, 0) is 7.05 Å². The summed E-state index contributed by atoms with van der Waals surface area (Å²) < 4.78 is 1.51. The number of carbonyl (C=O) groups is 1. The highest BCUT2D eigenvalue weighted by atomic mass is 35.5. The Kier molecular flexibility index (Phi) is 1.93. The number of hydrogen-bond acceptors (Lipinski definition) is 2. The number of fused-ring (bicyclic) bond motifs is 1. The third-order valence-corrected chi connectivity index (χ3v) is 2.46. The SMILES string of the molecule is Cn1nc2ccc(C(=O)O)cc2c1Cl. The van der Waals surface area contributed by atoms with Gasteiger partial charge < -0.3 is 5.11 Å². The summed E-state index contributed by atoms with van der Waals surface area (Å²) in [4.78, 5) is 10.7. The molecule has 2 aromatic rings. The first-order valence-corrected chi connectivity index (χ1v) is 4.33. The third kappa shape index (κ3) is 1.24. The van der Waals surface area contributed by atoms with Crippen LogP contribution in [0.25, 0.3) is 10.9 Å². The highest BCUT2D eigenvalue weighted by Crippen LogP contribution is 2.23. The van der Waals surface area contributed by atoms with Gasteiger partial charge in [-0.1, -0.05) is 11.6 Å². The Morgan fingerprint density at radius 1 is 1.57 bits per heavy atom. The van der Waals surface area contributed by atoms with Crippen molar-refractivity contribution < 1.29 is 9.90 Å². The lowest BCUT2D eigenvalue weighted by atomic mass is 10.2. The summed E-state index contributed by atoms with van der Waals surface area (Å²) in [7, 11) is 1.71. The molecule has 0 spiro atoms. The molecule has 0 atom stereocenters. The molecule has 1 N–H and O–H groups in total. The van der Waals surface area contributed by atoms with Crippen molar-refractivity contribution in [2.24, 2.45) is 7.05 Å². The lowest BCUT2D eigenvalue weighted by Gasteiger charge is -1.93. The lowest BCUT2D eigenvalue weighted by molar-refractivity contribution is 0.0697. The molecule has 0 saturated heterocycles. The van der Waals surface area contributed by atoms with Crippen molar-refractivity contribution in [3.63, 3.8) is 0 Å². The van der Waals surface area contributed by atoms with Gasteiger partial charge in [-0.3, -0.25) is 4.68 Å². The fourth-order valence-electron chi connectivity index (χ4n) is 1.30. The number of nitrogens with zero attached hydrogens (tertiary/aromatic N) is 2. The number of halogens is 1. The standard InChI is InChI=1S/C9H7ClN2O2/c1-12-8(10)6-4-5(9(13)14)2-3-7(6)11-12/h2-4H,1H3,(H,13,14). The van der Waals surface area contributed by atoms with E-state index in [-0.39, 0.29) is 5.56 Å². The molecule has 2 rings (SSSR count). The van der Waals surface area contributed by atoms with E-state index in [9.17, 15) is 4.79 Å². The first-order valence-electron chi connectivity index (χ1n) is 3.95. The first-order chi connectivity index (χ1) is 6.59. The van der Waals surface area contributed by atoms with E-state index in [1.807, 2.05) is 0 Å². The average Bonchev–Trinajstić information content (AvgIpc) is 2.43. The minimum atomic E-state index is -0.966.